The number of carboxylic acids is 2. The first-order valence-corrected chi connectivity index (χ1v) is 12.3. The SMILES string of the molecule is C=COCCCCOC(CCCCCCCCC(=O)O)CCCCCCCCC(=O)O. The standard InChI is InChI=1S/C25H46O6/c1-2-30-21-15-16-22-31-23(17-11-7-3-5-9-13-19-24(26)27)18-12-8-4-6-10-14-20-25(28)29/h2,23H,1,3-22H2,(H,26,27)(H,28,29). The van der Waals surface area contributed by atoms with Crippen LogP contribution >= 0.6 is 0 Å². The van der Waals surface area contributed by atoms with Crippen molar-refractivity contribution in [2.45, 2.75) is 122 Å². The summed E-state index contributed by atoms with van der Waals surface area (Å²) >= 11 is 0. The van der Waals surface area contributed by atoms with E-state index < -0.39 is 11.9 Å². The average molecular weight is 443 g/mol. The first-order valence-electron chi connectivity index (χ1n) is 12.3. The predicted molar refractivity (Wildman–Crippen MR) is 124 cm³/mol. The van der Waals surface area contributed by atoms with Gasteiger partial charge in [0.2, 0.25) is 0 Å². The molecule has 2 N–H and O–H groups in total. The van der Waals surface area contributed by atoms with Crippen molar-refractivity contribution in [3.8, 4) is 0 Å². The second-order valence-electron chi connectivity index (χ2n) is 8.34. The van der Waals surface area contributed by atoms with Crippen LogP contribution in [0.1, 0.15) is 116 Å². The van der Waals surface area contributed by atoms with E-state index in [1.807, 2.05) is 0 Å². The van der Waals surface area contributed by atoms with E-state index in [0.717, 1.165) is 70.8 Å². The minimum absolute atomic E-state index is 0.285. The summed E-state index contributed by atoms with van der Waals surface area (Å²) in [7, 11) is 0. The van der Waals surface area contributed by atoms with Gasteiger partial charge in [-0.15, -0.1) is 0 Å². The quantitative estimate of drug-likeness (QED) is 0.120. The Balaban J connectivity index is 3.87. The van der Waals surface area contributed by atoms with Gasteiger partial charge in [0.25, 0.3) is 0 Å². The number of hydrogen-bond donors (Lipinski definition) is 2. The number of unbranched alkanes of at least 4 members (excludes halogenated alkanes) is 11. The molecule has 0 bridgehead atoms. The molecule has 0 aliphatic carbocycles. The Morgan fingerprint density at radius 2 is 1.06 bits per heavy atom. The van der Waals surface area contributed by atoms with Crippen molar-refractivity contribution >= 4 is 11.9 Å². The van der Waals surface area contributed by atoms with Gasteiger partial charge in [0.05, 0.1) is 19.0 Å². The normalized spacial score (nSPS) is 11.0. The zero-order valence-corrected chi connectivity index (χ0v) is 19.5. The summed E-state index contributed by atoms with van der Waals surface area (Å²) in [6.07, 6.45) is 19.4. The molecule has 0 atom stereocenters. The highest BCUT2D eigenvalue weighted by atomic mass is 16.5. The van der Waals surface area contributed by atoms with Gasteiger partial charge in [-0.05, 0) is 38.5 Å². The Morgan fingerprint density at radius 3 is 1.52 bits per heavy atom. The Hall–Kier alpha value is -1.56. The molecule has 0 aliphatic heterocycles. The van der Waals surface area contributed by atoms with Gasteiger partial charge in [-0.3, -0.25) is 9.59 Å². The van der Waals surface area contributed by atoms with Gasteiger partial charge in [-0.2, -0.15) is 0 Å². The summed E-state index contributed by atoms with van der Waals surface area (Å²) in [6, 6.07) is 0. The maximum atomic E-state index is 10.5. The summed E-state index contributed by atoms with van der Waals surface area (Å²) in [5.74, 6) is -1.40. The number of hydrogen-bond acceptors (Lipinski definition) is 4. The van der Waals surface area contributed by atoms with E-state index in [0.29, 0.717) is 12.7 Å². The number of rotatable bonds is 25. The molecule has 0 amide bonds. The van der Waals surface area contributed by atoms with E-state index in [2.05, 4.69) is 6.58 Å². The maximum absolute atomic E-state index is 10.5. The average Bonchev–Trinajstić information content (AvgIpc) is 2.73. The lowest BCUT2D eigenvalue weighted by atomic mass is 10.0. The van der Waals surface area contributed by atoms with Gasteiger partial charge in [0.15, 0.2) is 0 Å². The molecular weight excluding hydrogens is 396 g/mol. The smallest absolute Gasteiger partial charge is 0.303 e. The Bertz CT molecular complexity index is 408. The molecule has 0 heterocycles. The van der Waals surface area contributed by atoms with Crippen LogP contribution in [0.5, 0.6) is 0 Å². The third-order valence-electron chi connectivity index (χ3n) is 5.46. The molecule has 0 saturated heterocycles. The molecule has 0 saturated carbocycles. The van der Waals surface area contributed by atoms with E-state index in [1.54, 1.807) is 0 Å². The second kappa shape index (κ2) is 23.1. The molecular formula is C25H46O6. The van der Waals surface area contributed by atoms with Gasteiger partial charge >= 0.3 is 11.9 Å². The highest BCUT2D eigenvalue weighted by Crippen LogP contribution is 2.17. The summed E-state index contributed by atoms with van der Waals surface area (Å²) in [5, 5.41) is 17.3. The first-order chi connectivity index (χ1) is 15.1. The van der Waals surface area contributed by atoms with E-state index in [-0.39, 0.29) is 12.8 Å². The molecule has 0 aromatic carbocycles. The molecule has 0 aliphatic rings. The molecule has 0 fully saturated rings. The maximum Gasteiger partial charge on any atom is 0.303 e. The van der Waals surface area contributed by atoms with Gasteiger partial charge < -0.3 is 19.7 Å². The number of carboxylic acid groups (broad SMARTS) is 2. The highest BCUT2D eigenvalue weighted by Gasteiger charge is 2.09. The van der Waals surface area contributed by atoms with E-state index >= 15 is 0 Å². The molecule has 0 unspecified atom stereocenters. The van der Waals surface area contributed by atoms with E-state index in [1.165, 1.54) is 44.8 Å². The van der Waals surface area contributed by atoms with Crippen molar-refractivity contribution in [2.24, 2.45) is 0 Å². The number of ether oxygens (including phenoxy) is 2. The van der Waals surface area contributed by atoms with Gasteiger partial charge in [0, 0.05) is 19.4 Å². The third kappa shape index (κ3) is 24.6. The van der Waals surface area contributed by atoms with Crippen LogP contribution in [0.2, 0.25) is 0 Å². The molecule has 182 valence electrons. The Morgan fingerprint density at radius 1 is 0.645 bits per heavy atom. The third-order valence-corrected chi connectivity index (χ3v) is 5.46. The molecule has 0 aromatic rings. The fourth-order valence-electron chi connectivity index (χ4n) is 3.64. The molecule has 0 rings (SSSR count). The van der Waals surface area contributed by atoms with E-state index in [4.69, 9.17) is 19.7 Å². The summed E-state index contributed by atoms with van der Waals surface area (Å²) < 4.78 is 11.3. The van der Waals surface area contributed by atoms with Crippen molar-refractivity contribution in [2.75, 3.05) is 13.2 Å². The number of aliphatic carboxylic acids is 2. The minimum atomic E-state index is -0.698. The predicted octanol–water partition coefficient (Wildman–Crippen LogP) is 6.72. The Kier molecular flexibility index (Phi) is 21.9. The van der Waals surface area contributed by atoms with E-state index in [9.17, 15) is 9.59 Å². The summed E-state index contributed by atoms with van der Waals surface area (Å²) in [6.45, 7) is 5.02. The van der Waals surface area contributed by atoms with Crippen LogP contribution in [0.25, 0.3) is 0 Å². The fourth-order valence-corrected chi connectivity index (χ4v) is 3.64. The molecule has 31 heavy (non-hydrogen) atoms. The van der Waals surface area contributed by atoms with Crippen LogP contribution in [0.3, 0.4) is 0 Å². The van der Waals surface area contributed by atoms with Crippen molar-refractivity contribution in [1.29, 1.82) is 0 Å². The Labute approximate surface area is 189 Å². The zero-order valence-electron chi connectivity index (χ0n) is 19.5. The summed E-state index contributed by atoms with van der Waals surface area (Å²) in [4.78, 5) is 21.0. The monoisotopic (exact) mass is 442 g/mol. The van der Waals surface area contributed by atoms with Crippen LogP contribution in [0, 0.1) is 0 Å². The van der Waals surface area contributed by atoms with Crippen LogP contribution in [-0.4, -0.2) is 41.5 Å². The molecule has 0 spiro atoms. The van der Waals surface area contributed by atoms with Crippen molar-refractivity contribution in [1.82, 2.24) is 0 Å². The van der Waals surface area contributed by atoms with Crippen molar-refractivity contribution in [3.63, 3.8) is 0 Å². The lowest BCUT2D eigenvalue weighted by Gasteiger charge is -2.18. The second-order valence-corrected chi connectivity index (χ2v) is 8.34. The van der Waals surface area contributed by atoms with Crippen LogP contribution in [0.15, 0.2) is 12.8 Å². The van der Waals surface area contributed by atoms with Crippen molar-refractivity contribution in [3.05, 3.63) is 12.8 Å². The fraction of sp³-hybridized carbons (Fsp3) is 0.840. The highest BCUT2D eigenvalue weighted by molar-refractivity contribution is 5.66. The zero-order chi connectivity index (χ0) is 23.0. The van der Waals surface area contributed by atoms with Crippen molar-refractivity contribution < 1.29 is 29.3 Å². The minimum Gasteiger partial charge on any atom is -0.502 e. The van der Waals surface area contributed by atoms with Gasteiger partial charge in [0.1, 0.15) is 0 Å². The molecule has 6 heteroatoms. The van der Waals surface area contributed by atoms with Gasteiger partial charge in [-0.25, -0.2) is 0 Å². The lowest BCUT2D eigenvalue weighted by molar-refractivity contribution is -0.138. The van der Waals surface area contributed by atoms with Gasteiger partial charge in [-0.1, -0.05) is 70.8 Å². The summed E-state index contributed by atoms with van der Waals surface area (Å²) in [5.41, 5.74) is 0. The molecule has 0 radical (unpaired) electrons. The largest absolute Gasteiger partial charge is 0.502 e. The molecule has 6 nitrogen and oxygen atoms in total. The first kappa shape index (κ1) is 29.4. The van der Waals surface area contributed by atoms with Crippen LogP contribution in [0.4, 0.5) is 0 Å². The molecule has 0 aromatic heterocycles. The lowest BCUT2D eigenvalue weighted by Crippen LogP contribution is -2.14. The van der Waals surface area contributed by atoms with Crippen LogP contribution in [-0.2, 0) is 19.1 Å². The van der Waals surface area contributed by atoms with Crippen LogP contribution < -0.4 is 0 Å². The number of carbonyl (C=O) groups is 2. The topological polar surface area (TPSA) is 93.1 Å².